The quantitative estimate of drug-likeness (QED) is 0.374. The smallest absolute Gasteiger partial charge is 0.259 e. The van der Waals surface area contributed by atoms with E-state index in [1.165, 1.54) is 24.4 Å². The lowest BCUT2D eigenvalue weighted by atomic mass is 10.2. The molecule has 0 heterocycles. The Kier molecular flexibility index (Phi) is 5.75. The maximum Gasteiger partial charge on any atom is 0.259 e. The Bertz CT molecular complexity index is 775. The third-order valence-corrected chi connectivity index (χ3v) is 3.17. The molecule has 2 aromatic carbocycles. The molecule has 0 aromatic heterocycles. The number of benzene rings is 2. The van der Waals surface area contributed by atoms with Crippen LogP contribution in [0.15, 0.2) is 47.6 Å². The van der Waals surface area contributed by atoms with Gasteiger partial charge in [-0.1, -0.05) is 11.6 Å². The average Bonchev–Trinajstić information content (AvgIpc) is 2.56. The molecule has 7 nitrogen and oxygen atoms in total. The van der Waals surface area contributed by atoms with Gasteiger partial charge in [-0.2, -0.15) is 5.10 Å². The van der Waals surface area contributed by atoms with Crippen molar-refractivity contribution in [3.8, 4) is 11.5 Å². The SMILES string of the molecule is O=C(CNC(=O)c1ccc(Cl)cc1)N/N=C\c1ccc(O)c(O)c1. The summed E-state index contributed by atoms with van der Waals surface area (Å²) in [7, 11) is 0. The fourth-order valence-corrected chi connectivity index (χ4v) is 1.83. The van der Waals surface area contributed by atoms with E-state index in [1.54, 1.807) is 24.3 Å². The first-order chi connectivity index (χ1) is 11.5. The number of rotatable bonds is 5. The number of carbonyl (C=O) groups is 2. The first kappa shape index (κ1) is 17.3. The number of hydrazone groups is 1. The Morgan fingerprint density at radius 1 is 1.08 bits per heavy atom. The highest BCUT2D eigenvalue weighted by atomic mass is 35.5. The van der Waals surface area contributed by atoms with E-state index in [0.717, 1.165) is 0 Å². The van der Waals surface area contributed by atoms with Crippen molar-refractivity contribution in [3.05, 3.63) is 58.6 Å². The van der Waals surface area contributed by atoms with Crippen molar-refractivity contribution in [3.63, 3.8) is 0 Å². The van der Waals surface area contributed by atoms with Crippen LogP contribution in [0.4, 0.5) is 0 Å². The van der Waals surface area contributed by atoms with Crippen molar-refractivity contribution >= 4 is 29.6 Å². The van der Waals surface area contributed by atoms with Gasteiger partial charge >= 0.3 is 0 Å². The van der Waals surface area contributed by atoms with Gasteiger partial charge in [0.25, 0.3) is 11.8 Å². The van der Waals surface area contributed by atoms with Gasteiger partial charge in [-0.15, -0.1) is 0 Å². The van der Waals surface area contributed by atoms with Gasteiger partial charge in [0.2, 0.25) is 0 Å². The Hall–Kier alpha value is -3.06. The highest BCUT2D eigenvalue weighted by Crippen LogP contribution is 2.23. The number of amides is 2. The second kappa shape index (κ2) is 7.98. The largest absolute Gasteiger partial charge is 0.504 e. The first-order valence-electron chi connectivity index (χ1n) is 6.83. The molecule has 2 aromatic rings. The van der Waals surface area contributed by atoms with Crippen molar-refractivity contribution in [1.82, 2.24) is 10.7 Å². The van der Waals surface area contributed by atoms with Gasteiger partial charge in [0.15, 0.2) is 11.5 Å². The molecule has 0 fully saturated rings. The predicted octanol–water partition coefficient (Wildman–Crippen LogP) is 1.63. The third-order valence-electron chi connectivity index (χ3n) is 2.92. The molecule has 0 aliphatic rings. The molecule has 0 unspecified atom stereocenters. The molecule has 0 radical (unpaired) electrons. The molecule has 0 saturated heterocycles. The Morgan fingerprint density at radius 3 is 2.46 bits per heavy atom. The van der Waals surface area contributed by atoms with Crippen LogP contribution >= 0.6 is 11.6 Å². The molecule has 0 spiro atoms. The Balaban J connectivity index is 1.80. The van der Waals surface area contributed by atoms with Crippen LogP contribution in [0, 0.1) is 0 Å². The molecule has 0 saturated carbocycles. The van der Waals surface area contributed by atoms with Gasteiger partial charge in [0.1, 0.15) is 0 Å². The van der Waals surface area contributed by atoms with Crippen LogP contribution in [-0.2, 0) is 4.79 Å². The number of nitrogens with one attached hydrogen (secondary N) is 2. The summed E-state index contributed by atoms with van der Waals surface area (Å²) in [6.07, 6.45) is 1.29. The summed E-state index contributed by atoms with van der Waals surface area (Å²) in [6, 6.07) is 10.3. The summed E-state index contributed by atoms with van der Waals surface area (Å²) in [5, 5.41) is 25.1. The molecule has 8 heteroatoms. The lowest BCUT2D eigenvalue weighted by Gasteiger charge is -2.04. The molecule has 4 N–H and O–H groups in total. The van der Waals surface area contributed by atoms with E-state index < -0.39 is 11.8 Å². The third kappa shape index (κ3) is 4.99. The summed E-state index contributed by atoms with van der Waals surface area (Å²) in [4.78, 5) is 23.4. The molecule has 24 heavy (non-hydrogen) atoms. The molecule has 2 rings (SSSR count). The lowest BCUT2D eigenvalue weighted by Crippen LogP contribution is -2.34. The van der Waals surface area contributed by atoms with Crippen LogP contribution in [0.5, 0.6) is 11.5 Å². The van der Waals surface area contributed by atoms with Crippen molar-refractivity contribution in [1.29, 1.82) is 0 Å². The lowest BCUT2D eigenvalue weighted by molar-refractivity contribution is -0.120. The van der Waals surface area contributed by atoms with Crippen LogP contribution in [0.3, 0.4) is 0 Å². The second-order valence-electron chi connectivity index (χ2n) is 4.73. The van der Waals surface area contributed by atoms with Crippen molar-refractivity contribution in [2.45, 2.75) is 0 Å². The molecule has 124 valence electrons. The fraction of sp³-hybridized carbons (Fsp3) is 0.0625. The van der Waals surface area contributed by atoms with Gasteiger partial charge in [-0.05, 0) is 48.0 Å². The van der Waals surface area contributed by atoms with E-state index in [1.807, 2.05) is 0 Å². The van der Waals surface area contributed by atoms with Crippen LogP contribution < -0.4 is 10.7 Å². The number of hydrogen-bond donors (Lipinski definition) is 4. The maximum atomic E-state index is 11.8. The summed E-state index contributed by atoms with van der Waals surface area (Å²) < 4.78 is 0. The van der Waals surface area contributed by atoms with Crippen LogP contribution in [0.2, 0.25) is 5.02 Å². The minimum Gasteiger partial charge on any atom is -0.504 e. The zero-order chi connectivity index (χ0) is 17.5. The summed E-state index contributed by atoms with van der Waals surface area (Å²) in [5.41, 5.74) is 3.10. The highest BCUT2D eigenvalue weighted by molar-refractivity contribution is 6.30. The number of aromatic hydroxyl groups is 2. The monoisotopic (exact) mass is 347 g/mol. The van der Waals surface area contributed by atoms with E-state index in [-0.39, 0.29) is 18.0 Å². The van der Waals surface area contributed by atoms with Crippen LogP contribution in [0.25, 0.3) is 0 Å². The van der Waals surface area contributed by atoms with Crippen molar-refractivity contribution < 1.29 is 19.8 Å². The summed E-state index contributed by atoms with van der Waals surface area (Å²) in [5.74, 6) is -1.47. The van der Waals surface area contributed by atoms with Gasteiger partial charge in [0, 0.05) is 10.6 Å². The molecule has 0 atom stereocenters. The van der Waals surface area contributed by atoms with Gasteiger partial charge in [0.05, 0.1) is 12.8 Å². The Morgan fingerprint density at radius 2 is 1.79 bits per heavy atom. The zero-order valence-electron chi connectivity index (χ0n) is 12.4. The first-order valence-corrected chi connectivity index (χ1v) is 7.21. The molecular formula is C16H14ClN3O4. The normalized spacial score (nSPS) is 10.5. The number of halogens is 1. The fourth-order valence-electron chi connectivity index (χ4n) is 1.70. The maximum absolute atomic E-state index is 11.8. The summed E-state index contributed by atoms with van der Waals surface area (Å²) in [6.45, 7) is -0.250. The molecular weight excluding hydrogens is 334 g/mol. The molecule has 0 aliphatic heterocycles. The number of hydrogen-bond acceptors (Lipinski definition) is 5. The second-order valence-corrected chi connectivity index (χ2v) is 5.17. The number of phenolic OH excluding ortho intramolecular Hbond substituents is 2. The van der Waals surface area contributed by atoms with E-state index in [2.05, 4.69) is 15.8 Å². The molecule has 0 bridgehead atoms. The number of carbonyl (C=O) groups excluding carboxylic acids is 2. The van der Waals surface area contributed by atoms with Gasteiger partial charge < -0.3 is 15.5 Å². The zero-order valence-corrected chi connectivity index (χ0v) is 13.1. The van der Waals surface area contributed by atoms with Crippen molar-refractivity contribution in [2.24, 2.45) is 5.10 Å². The average molecular weight is 348 g/mol. The van der Waals surface area contributed by atoms with Gasteiger partial charge in [-0.25, -0.2) is 5.43 Å². The summed E-state index contributed by atoms with van der Waals surface area (Å²) >= 11 is 5.73. The number of phenols is 2. The minimum atomic E-state index is -0.517. The number of nitrogens with zero attached hydrogens (tertiary/aromatic N) is 1. The van der Waals surface area contributed by atoms with E-state index in [9.17, 15) is 19.8 Å². The minimum absolute atomic E-state index is 0.249. The van der Waals surface area contributed by atoms with E-state index in [0.29, 0.717) is 16.1 Å². The van der Waals surface area contributed by atoms with Crippen LogP contribution in [-0.4, -0.2) is 34.8 Å². The van der Waals surface area contributed by atoms with Gasteiger partial charge in [-0.3, -0.25) is 9.59 Å². The van der Waals surface area contributed by atoms with E-state index >= 15 is 0 Å². The standard InChI is InChI=1S/C16H14ClN3O4/c17-12-4-2-11(3-5-12)16(24)18-9-15(23)20-19-8-10-1-6-13(21)14(22)7-10/h1-8,21-22H,9H2,(H,18,24)(H,20,23)/b19-8-. The highest BCUT2D eigenvalue weighted by Gasteiger charge is 2.07. The molecule has 2 amide bonds. The Labute approximate surface area is 142 Å². The van der Waals surface area contributed by atoms with E-state index in [4.69, 9.17) is 11.6 Å². The molecule has 0 aliphatic carbocycles. The van der Waals surface area contributed by atoms with Crippen LogP contribution in [0.1, 0.15) is 15.9 Å². The predicted molar refractivity (Wildman–Crippen MR) is 89.3 cm³/mol. The van der Waals surface area contributed by atoms with Crippen molar-refractivity contribution in [2.75, 3.05) is 6.54 Å². The topological polar surface area (TPSA) is 111 Å².